The molecule has 17 heavy (non-hydrogen) atoms. The molecule has 0 aromatic rings. The van der Waals surface area contributed by atoms with Crippen molar-refractivity contribution in [3.05, 3.63) is 11.4 Å². The highest BCUT2D eigenvalue weighted by Gasteiger charge is 2.31. The van der Waals surface area contributed by atoms with E-state index in [0.717, 1.165) is 25.9 Å². The molecule has 1 fully saturated rings. The first kappa shape index (κ1) is 13.8. The van der Waals surface area contributed by atoms with Crippen LogP contribution >= 0.6 is 0 Å². The molecule has 0 N–H and O–H groups in total. The van der Waals surface area contributed by atoms with Crippen molar-refractivity contribution in [1.82, 2.24) is 4.90 Å². The number of likely N-dealkylation sites (tertiary alicyclic amines) is 1. The number of carbonyl (C=O) groups is 1. The van der Waals surface area contributed by atoms with Crippen LogP contribution in [0, 0.1) is 12.5 Å². The zero-order valence-corrected chi connectivity index (χ0v) is 11.2. The first-order valence-corrected chi connectivity index (χ1v) is 6.16. The molecule has 2 atom stereocenters. The minimum atomic E-state index is -0.432. The van der Waals surface area contributed by atoms with E-state index in [1.54, 1.807) is 4.90 Å². The van der Waals surface area contributed by atoms with Crippen LogP contribution in [-0.2, 0) is 4.74 Å². The zero-order chi connectivity index (χ0) is 13.1. The fourth-order valence-corrected chi connectivity index (χ4v) is 2.05. The third-order valence-electron chi connectivity index (χ3n) is 2.83. The van der Waals surface area contributed by atoms with E-state index in [4.69, 9.17) is 11.3 Å². The van der Waals surface area contributed by atoms with Crippen LogP contribution in [0.15, 0.2) is 0 Å². The Labute approximate surface area is 104 Å². The molecule has 0 spiro atoms. The van der Waals surface area contributed by atoms with Crippen molar-refractivity contribution < 1.29 is 9.53 Å². The van der Waals surface area contributed by atoms with Crippen molar-refractivity contribution in [2.24, 2.45) is 5.92 Å². The summed E-state index contributed by atoms with van der Waals surface area (Å²) >= 11 is 0. The average molecular weight is 238 g/mol. The molecule has 1 saturated heterocycles. The normalized spacial score (nSPS) is 22.1. The number of hydrogen-bond donors (Lipinski definition) is 0. The predicted molar refractivity (Wildman–Crippen MR) is 66.6 cm³/mol. The Morgan fingerprint density at radius 2 is 2.24 bits per heavy atom. The molecule has 1 amide bonds. The van der Waals surface area contributed by atoms with Gasteiger partial charge in [-0.3, -0.25) is 0 Å². The van der Waals surface area contributed by atoms with Crippen LogP contribution in [0.5, 0.6) is 0 Å². The van der Waals surface area contributed by atoms with Gasteiger partial charge in [-0.05, 0) is 33.1 Å². The molecule has 2 unspecified atom stereocenters. The number of carbonyl (C=O) groups excluding carboxylic acids is 1. The van der Waals surface area contributed by atoms with Crippen molar-refractivity contribution in [2.75, 3.05) is 13.1 Å². The third-order valence-corrected chi connectivity index (χ3v) is 2.83. The lowest BCUT2D eigenvalue weighted by atomic mass is 10.0. The lowest BCUT2D eigenvalue weighted by Crippen LogP contribution is -2.35. The molecule has 0 bridgehead atoms. The van der Waals surface area contributed by atoms with Crippen molar-refractivity contribution in [3.8, 4) is 0 Å². The molecular weight excluding hydrogens is 216 g/mol. The van der Waals surface area contributed by atoms with Crippen molar-refractivity contribution >= 4 is 6.09 Å². The van der Waals surface area contributed by atoms with Crippen molar-refractivity contribution in [3.63, 3.8) is 0 Å². The molecule has 0 radical (unpaired) electrons. The van der Waals surface area contributed by atoms with Crippen LogP contribution in [0.4, 0.5) is 4.79 Å². The summed E-state index contributed by atoms with van der Waals surface area (Å²) in [6.45, 7) is 16.0. The van der Waals surface area contributed by atoms with Crippen LogP contribution in [0.1, 0.15) is 40.5 Å². The molecule has 1 rings (SSSR count). The maximum Gasteiger partial charge on any atom is 0.410 e. The Bertz CT molecular complexity index is 314. The Morgan fingerprint density at radius 1 is 1.59 bits per heavy atom. The van der Waals surface area contributed by atoms with E-state index in [1.807, 2.05) is 27.7 Å². The second kappa shape index (κ2) is 5.39. The first-order valence-electron chi connectivity index (χ1n) is 6.16. The van der Waals surface area contributed by atoms with Gasteiger partial charge in [-0.15, -0.1) is 0 Å². The number of ether oxygens (including phenoxy) is 1. The number of amides is 1. The molecule has 1 aliphatic heterocycles. The second-order valence-corrected chi connectivity index (χ2v) is 5.79. The van der Waals surface area contributed by atoms with E-state index in [0.29, 0.717) is 5.92 Å². The van der Waals surface area contributed by atoms with E-state index in [-0.39, 0.29) is 12.1 Å². The maximum absolute atomic E-state index is 11.8. The highest BCUT2D eigenvalue weighted by atomic mass is 16.6. The molecule has 4 heteroatoms. The van der Waals surface area contributed by atoms with Gasteiger partial charge in [0.05, 0.1) is 0 Å². The van der Waals surface area contributed by atoms with Crippen LogP contribution in [0.3, 0.4) is 0 Å². The smallest absolute Gasteiger partial charge is 0.410 e. The molecule has 1 heterocycles. The summed E-state index contributed by atoms with van der Waals surface area (Å²) in [4.78, 5) is 17.1. The molecule has 4 nitrogen and oxygen atoms in total. The molecule has 0 aliphatic carbocycles. The summed E-state index contributed by atoms with van der Waals surface area (Å²) in [5.41, 5.74) is -0.432. The van der Waals surface area contributed by atoms with Gasteiger partial charge in [-0.2, -0.15) is 0 Å². The summed E-state index contributed by atoms with van der Waals surface area (Å²) in [6.07, 6.45) is 1.64. The minimum absolute atomic E-state index is 0.0542. The SMILES string of the molecule is [C-]#[N+]C(C)CC1CCN(C(=O)OC(C)(C)C)C1. The predicted octanol–water partition coefficient (Wildman–Crippen LogP) is 2.94. The van der Waals surface area contributed by atoms with Gasteiger partial charge in [0.25, 0.3) is 0 Å². The fourth-order valence-electron chi connectivity index (χ4n) is 2.05. The van der Waals surface area contributed by atoms with Gasteiger partial charge in [0.15, 0.2) is 0 Å². The summed E-state index contributed by atoms with van der Waals surface area (Å²) in [5.74, 6) is 0.451. The van der Waals surface area contributed by atoms with Gasteiger partial charge in [-0.1, -0.05) is 0 Å². The van der Waals surface area contributed by atoms with Gasteiger partial charge in [-0.25, -0.2) is 11.4 Å². The highest BCUT2D eigenvalue weighted by Crippen LogP contribution is 2.23. The second-order valence-electron chi connectivity index (χ2n) is 5.79. The Morgan fingerprint density at radius 3 is 2.76 bits per heavy atom. The zero-order valence-electron chi connectivity index (χ0n) is 11.2. The Balaban J connectivity index is 2.40. The molecule has 0 saturated carbocycles. The Kier molecular flexibility index (Phi) is 4.39. The monoisotopic (exact) mass is 238 g/mol. The van der Waals surface area contributed by atoms with Gasteiger partial charge in [0.1, 0.15) is 5.60 Å². The number of rotatable bonds is 2. The average Bonchev–Trinajstić information content (AvgIpc) is 2.63. The number of nitrogens with zero attached hydrogens (tertiary/aromatic N) is 2. The van der Waals surface area contributed by atoms with Crippen LogP contribution in [0.2, 0.25) is 0 Å². The fraction of sp³-hybridized carbons (Fsp3) is 0.846. The van der Waals surface area contributed by atoms with Gasteiger partial charge in [0, 0.05) is 26.4 Å². The molecule has 1 aliphatic rings. The molecular formula is C13H22N2O2. The lowest BCUT2D eigenvalue weighted by Gasteiger charge is -2.24. The lowest BCUT2D eigenvalue weighted by molar-refractivity contribution is 0.0287. The van der Waals surface area contributed by atoms with Gasteiger partial charge >= 0.3 is 6.09 Å². The standard InChI is InChI=1S/C13H22N2O2/c1-10(14-5)8-11-6-7-15(9-11)12(16)17-13(2,3)4/h10-11H,6-9H2,1-4H3. The highest BCUT2D eigenvalue weighted by molar-refractivity contribution is 5.68. The summed E-state index contributed by atoms with van der Waals surface area (Å²) in [6, 6.07) is 0.0542. The van der Waals surface area contributed by atoms with Crippen molar-refractivity contribution in [1.29, 1.82) is 0 Å². The summed E-state index contributed by atoms with van der Waals surface area (Å²) in [7, 11) is 0. The van der Waals surface area contributed by atoms with E-state index in [2.05, 4.69) is 4.85 Å². The van der Waals surface area contributed by atoms with E-state index < -0.39 is 5.60 Å². The topological polar surface area (TPSA) is 33.9 Å². The minimum Gasteiger partial charge on any atom is -0.444 e. The van der Waals surface area contributed by atoms with Crippen LogP contribution in [0.25, 0.3) is 4.85 Å². The Hall–Kier alpha value is -1.24. The van der Waals surface area contributed by atoms with Crippen LogP contribution < -0.4 is 0 Å². The maximum atomic E-state index is 11.8. The van der Waals surface area contributed by atoms with E-state index >= 15 is 0 Å². The molecule has 96 valence electrons. The van der Waals surface area contributed by atoms with Gasteiger partial charge < -0.3 is 14.5 Å². The summed E-state index contributed by atoms with van der Waals surface area (Å²) < 4.78 is 5.33. The largest absolute Gasteiger partial charge is 0.444 e. The van der Waals surface area contributed by atoms with E-state index in [1.165, 1.54) is 0 Å². The van der Waals surface area contributed by atoms with Crippen molar-refractivity contribution in [2.45, 2.75) is 52.2 Å². The van der Waals surface area contributed by atoms with Crippen LogP contribution in [-0.4, -0.2) is 35.7 Å². The molecule has 0 aromatic carbocycles. The number of hydrogen-bond acceptors (Lipinski definition) is 2. The summed E-state index contributed by atoms with van der Waals surface area (Å²) in [5, 5.41) is 0. The third kappa shape index (κ3) is 4.64. The quantitative estimate of drug-likeness (QED) is 0.693. The van der Waals surface area contributed by atoms with E-state index in [9.17, 15) is 4.79 Å². The first-order chi connectivity index (χ1) is 7.81. The molecule has 0 aromatic heterocycles. The van der Waals surface area contributed by atoms with Gasteiger partial charge in [0.2, 0.25) is 6.04 Å².